The zero-order valence-electron chi connectivity index (χ0n) is 9.60. The molecule has 0 aliphatic rings. The monoisotopic (exact) mass is 225 g/mol. The number of hydrogen-bond donors (Lipinski definition) is 1. The fourth-order valence-electron chi connectivity index (χ4n) is 1.32. The van der Waals surface area contributed by atoms with E-state index in [1.54, 1.807) is 24.7 Å². The minimum Gasteiger partial charge on any atom is -0.480 e. The number of carboxylic acid groups (broad SMARTS) is 1. The molecule has 1 N–H and O–H groups in total. The molecule has 0 unspecified atom stereocenters. The molecule has 0 saturated heterocycles. The van der Waals surface area contributed by atoms with Gasteiger partial charge in [-0.05, 0) is 19.9 Å². The maximum absolute atomic E-state index is 11.9. The molecule has 6 heteroatoms. The van der Waals surface area contributed by atoms with Gasteiger partial charge in [0.1, 0.15) is 6.54 Å². The van der Waals surface area contributed by atoms with Gasteiger partial charge in [-0.3, -0.25) is 14.3 Å². The number of carboxylic acids is 1. The van der Waals surface area contributed by atoms with Gasteiger partial charge in [0, 0.05) is 19.3 Å². The van der Waals surface area contributed by atoms with Crippen LogP contribution in [-0.4, -0.2) is 44.8 Å². The fraction of sp³-hybridized carbons (Fsp3) is 0.500. The highest BCUT2D eigenvalue weighted by Gasteiger charge is 2.19. The first-order chi connectivity index (χ1) is 7.45. The summed E-state index contributed by atoms with van der Waals surface area (Å²) in [5, 5.41) is 12.7. The lowest BCUT2D eigenvalue weighted by Crippen LogP contribution is -2.35. The van der Waals surface area contributed by atoms with E-state index in [1.165, 1.54) is 4.90 Å². The molecule has 0 bridgehead atoms. The molecule has 88 valence electrons. The normalized spacial score (nSPS) is 10.2. The van der Waals surface area contributed by atoms with Crippen molar-refractivity contribution in [3.8, 4) is 0 Å². The Hall–Kier alpha value is -1.85. The van der Waals surface area contributed by atoms with Crippen LogP contribution in [0, 0.1) is 6.92 Å². The van der Waals surface area contributed by atoms with E-state index in [2.05, 4.69) is 5.10 Å². The molecule has 0 radical (unpaired) electrons. The van der Waals surface area contributed by atoms with E-state index in [0.717, 1.165) is 5.69 Å². The summed E-state index contributed by atoms with van der Waals surface area (Å²) in [6.07, 6.45) is 0. The zero-order valence-corrected chi connectivity index (χ0v) is 9.60. The third-order valence-electron chi connectivity index (χ3n) is 2.33. The average molecular weight is 225 g/mol. The Labute approximate surface area is 93.5 Å². The van der Waals surface area contributed by atoms with Gasteiger partial charge in [0.2, 0.25) is 0 Å². The molecule has 0 spiro atoms. The molecule has 1 rings (SSSR count). The fourth-order valence-corrected chi connectivity index (χ4v) is 1.32. The highest BCUT2D eigenvalue weighted by molar-refractivity contribution is 5.94. The largest absolute Gasteiger partial charge is 0.480 e. The Kier molecular flexibility index (Phi) is 3.65. The van der Waals surface area contributed by atoms with Crippen LogP contribution >= 0.6 is 0 Å². The Bertz CT molecular complexity index is 392. The van der Waals surface area contributed by atoms with Crippen molar-refractivity contribution in [2.75, 3.05) is 13.1 Å². The molecule has 1 aromatic rings. The average Bonchev–Trinajstić information content (AvgIpc) is 2.54. The highest BCUT2D eigenvalue weighted by Crippen LogP contribution is 2.05. The summed E-state index contributed by atoms with van der Waals surface area (Å²) in [4.78, 5) is 23.7. The lowest BCUT2D eigenvalue weighted by atomic mass is 10.3. The number of aromatic nitrogens is 2. The number of carbonyl (C=O) groups excluding carboxylic acids is 1. The van der Waals surface area contributed by atoms with Crippen LogP contribution in [0.4, 0.5) is 0 Å². The molecule has 1 aromatic heterocycles. The van der Waals surface area contributed by atoms with Crippen molar-refractivity contribution in [1.82, 2.24) is 14.7 Å². The SMILES string of the molecule is CCN(CC(=O)O)C(=O)c1cc(C)n(C)n1. The van der Waals surface area contributed by atoms with Gasteiger partial charge in [-0.15, -0.1) is 0 Å². The minimum absolute atomic E-state index is 0.281. The van der Waals surface area contributed by atoms with Crippen molar-refractivity contribution in [2.45, 2.75) is 13.8 Å². The number of carbonyl (C=O) groups is 2. The van der Waals surface area contributed by atoms with Gasteiger partial charge in [0.25, 0.3) is 5.91 Å². The molecule has 0 aromatic carbocycles. The lowest BCUT2D eigenvalue weighted by Gasteiger charge is -2.16. The van der Waals surface area contributed by atoms with Gasteiger partial charge >= 0.3 is 5.97 Å². The molecule has 1 amide bonds. The summed E-state index contributed by atoms with van der Waals surface area (Å²) in [7, 11) is 1.74. The van der Waals surface area contributed by atoms with Crippen LogP contribution in [0.2, 0.25) is 0 Å². The van der Waals surface area contributed by atoms with E-state index in [-0.39, 0.29) is 18.1 Å². The summed E-state index contributed by atoms with van der Waals surface area (Å²) in [5.74, 6) is -1.38. The van der Waals surface area contributed by atoms with Gasteiger partial charge in [0.05, 0.1) is 0 Å². The topological polar surface area (TPSA) is 75.4 Å². The first-order valence-corrected chi connectivity index (χ1v) is 4.97. The standard InChI is InChI=1S/C10H15N3O3/c1-4-13(6-9(14)15)10(16)8-5-7(2)12(3)11-8/h5H,4,6H2,1-3H3,(H,14,15). The van der Waals surface area contributed by atoms with Gasteiger partial charge in [0.15, 0.2) is 5.69 Å². The number of hydrogen-bond acceptors (Lipinski definition) is 3. The first kappa shape index (κ1) is 12.2. The summed E-state index contributed by atoms with van der Waals surface area (Å²) in [6.45, 7) is 3.61. The number of amides is 1. The van der Waals surface area contributed by atoms with Gasteiger partial charge in [-0.25, -0.2) is 0 Å². The Morgan fingerprint density at radius 1 is 1.56 bits per heavy atom. The molecule has 0 aliphatic heterocycles. The third kappa shape index (κ3) is 2.59. The summed E-state index contributed by atoms with van der Waals surface area (Å²) < 4.78 is 1.59. The molecule has 0 fully saturated rings. The highest BCUT2D eigenvalue weighted by atomic mass is 16.4. The third-order valence-corrected chi connectivity index (χ3v) is 2.33. The van der Waals surface area contributed by atoms with Crippen LogP contribution in [0.1, 0.15) is 23.1 Å². The van der Waals surface area contributed by atoms with Crippen molar-refractivity contribution in [3.05, 3.63) is 17.5 Å². The number of aryl methyl sites for hydroxylation is 2. The minimum atomic E-state index is -1.03. The number of rotatable bonds is 4. The number of nitrogens with zero attached hydrogens (tertiary/aromatic N) is 3. The second-order valence-corrected chi connectivity index (χ2v) is 3.51. The van der Waals surface area contributed by atoms with Crippen LogP contribution in [-0.2, 0) is 11.8 Å². The molecule has 1 heterocycles. The molecule has 0 aliphatic carbocycles. The predicted octanol–water partition coefficient (Wildman–Crippen LogP) is 0.275. The lowest BCUT2D eigenvalue weighted by molar-refractivity contribution is -0.137. The number of aliphatic carboxylic acids is 1. The van der Waals surface area contributed by atoms with Gasteiger partial charge in [-0.1, -0.05) is 0 Å². The van der Waals surface area contributed by atoms with E-state index in [9.17, 15) is 9.59 Å². The Morgan fingerprint density at radius 2 is 2.19 bits per heavy atom. The Morgan fingerprint density at radius 3 is 2.56 bits per heavy atom. The molecule has 0 atom stereocenters. The van der Waals surface area contributed by atoms with E-state index in [4.69, 9.17) is 5.11 Å². The van der Waals surface area contributed by atoms with Crippen LogP contribution in [0.5, 0.6) is 0 Å². The smallest absolute Gasteiger partial charge is 0.323 e. The molecule has 6 nitrogen and oxygen atoms in total. The molecular weight excluding hydrogens is 210 g/mol. The van der Waals surface area contributed by atoms with Gasteiger partial charge in [-0.2, -0.15) is 5.10 Å². The molecule has 0 saturated carbocycles. The molecule has 16 heavy (non-hydrogen) atoms. The van der Waals surface area contributed by atoms with Crippen LogP contribution in [0.25, 0.3) is 0 Å². The second kappa shape index (κ2) is 4.78. The van der Waals surface area contributed by atoms with Crippen molar-refractivity contribution < 1.29 is 14.7 Å². The van der Waals surface area contributed by atoms with Crippen molar-refractivity contribution >= 4 is 11.9 Å². The van der Waals surface area contributed by atoms with E-state index < -0.39 is 5.97 Å². The first-order valence-electron chi connectivity index (χ1n) is 4.97. The summed E-state index contributed by atoms with van der Waals surface area (Å²) in [6, 6.07) is 1.65. The van der Waals surface area contributed by atoms with Crippen LogP contribution in [0.3, 0.4) is 0 Å². The van der Waals surface area contributed by atoms with Crippen LogP contribution in [0.15, 0.2) is 6.07 Å². The van der Waals surface area contributed by atoms with Gasteiger partial charge < -0.3 is 10.0 Å². The van der Waals surface area contributed by atoms with Crippen LogP contribution < -0.4 is 0 Å². The van der Waals surface area contributed by atoms with Crippen molar-refractivity contribution in [2.24, 2.45) is 7.05 Å². The number of likely N-dealkylation sites (N-methyl/N-ethyl adjacent to an activating group) is 1. The maximum Gasteiger partial charge on any atom is 0.323 e. The molecular formula is C10H15N3O3. The predicted molar refractivity (Wildman–Crippen MR) is 57.2 cm³/mol. The van der Waals surface area contributed by atoms with E-state index in [1.807, 2.05) is 6.92 Å². The Balaban J connectivity index is 2.86. The maximum atomic E-state index is 11.9. The van der Waals surface area contributed by atoms with E-state index >= 15 is 0 Å². The summed E-state index contributed by atoms with van der Waals surface area (Å²) in [5.41, 5.74) is 1.14. The second-order valence-electron chi connectivity index (χ2n) is 3.51. The van der Waals surface area contributed by atoms with Crippen molar-refractivity contribution in [3.63, 3.8) is 0 Å². The summed E-state index contributed by atoms with van der Waals surface area (Å²) >= 11 is 0. The van der Waals surface area contributed by atoms with E-state index in [0.29, 0.717) is 6.54 Å². The van der Waals surface area contributed by atoms with Crippen molar-refractivity contribution in [1.29, 1.82) is 0 Å². The quantitative estimate of drug-likeness (QED) is 0.798. The zero-order chi connectivity index (χ0) is 12.3.